The van der Waals surface area contributed by atoms with Crippen molar-refractivity contribution in [3.8, 4) is 0 Å². The van der Waals surface area contributed by atoms with Crippen molar-refractivity contribution in [2.24, 2.45) is 11.8 Å². The molecule has 5 heteroatoms. The molecule has 1 N–H and O–H groups in total. The molecule has 0 aromatic carbocycles. The lowest BCUT2D eigenvalue weighted by molar-refractivity contribution is -0.617. The summed E-state index contributed by atoms with van der Waals surface area (Å²) in [5.41, 5.74) is -0.158. The molecule has 17 heavy (non-hydrogen) atoms. The third kappa shape index (κ3) is 3.22. The summed E-state index contributed by atoms with van der Waals surface area (Å²) in [4.78, 5) is 11.8. The van der Waals surface area contributed by atoms with E-state index in [9.17, 15) is 15.2 Å². The van der Waals surface area contributed by atoms with Crippen LogP contribution in [0.2, 0.25) is 0 Å². The van der Waals surface area contributed by atoms with Gasteiger partial charge in [-0.05, 0) is 18.3 Å². The number of nitrogens with zero attached hydrogens (tertiary/aromatic N) is 2. The zero-order valence-corrected chi connectivity index (χ0v) is 10.8. The van der Waals surface area contributed by atoms with Gasteiger partial charge in [0.1, 0.15) is 5.69 Å². The first kappa shape index (κ1) is 13.5. The third-order valence-electron chi connectivity index (χ3n) is 2.46. The monoisotopic (exact) mass is 240 g/mol. The molecular formula is C12H20N2O3. The fraction of sp³-hybridized carbons (Fsp3) is 0.667. The summed E-state index contributed by atoms with van der Waals surface area (Å²) in [6, 6.07) is 0. The summed E-state index contributed by atoms with van der Waals surface area (Å²) >= 11 is 0. The summed E-state index contributed by atoms with van der Waals surface area (Å²) in [5, 5.41) is 21.4. The maximum Gasteiger partial charge on any atom is 0.351 e. The van der Waals surface area contributed by atoms with E-state index in [2.05, 4.69) is 0 Å². The van der Waals surface area contributed by atoms with Gasteiger partial charge in [-0.25, -0.2) is 0 Å². The number of hydrogen-bond acceptors (Lipinski definition) is 3. The number of hydrogen-bond donors (Lipinski definition) is 1. The van der Waals surface area contributed by atoms with Gasteiger partial charge in [-0.15, -0.1) is 4.73 Å². The molecule has 0 atom stereocenters. The zero-order chi connectivity index (χ0) is 13.2. The van der Waals surface area contributed by atoms with Gasteiger partial charge in [0.05, 0.1) is 0 Å². The SMILES string of the molecule is CC(C)Cc1c[n+]([O-])c(CC(C)C)c(=O)n1O. The second-order valence-electron chi connectivity index (χ2n) is 5.21. The molecule has 1 heterocycles. The van der Waals surface area contributed by atoms with Crippen LogP contribution in [0.3, 0.4) is 0 Å². The quantitative estimate of drug-likeness (QED) is 0.487. The molecule has 1 rings (SSSR count). The normalized spacial score (nSPS) is 11.4. The fourth-order valence-corrected chi connectivity index (χ4v) is 1.74. The molecule has 0 bridgehead atoms. The van der Waals surface area contributed by atoms with Crippen LogP contribution in [0.25, 0.3) is 0 Å². The Bertz CT molecular complexity index is 450. The molecule has 0 saturated carbocycles. The summed E-state index contributed by atoms with van der Waals surface area (Å²) in [5.74, 6) is 0.461. The standard InChI is InChI=1S/C12H20N2O3/c1-8(2)5-10-7-13(16)11(6-9(3)4)12(15)14(10)17/h7-9,17H,5-6H2,1-4H3. The van der Waals surface area contributed by atoms with E-state index >= 15 is 0 Å². The van der Waals surface area contributed by atoms with Crippen LogP contribution in [0, 0.1) is 17.0 Å². The Balaban J connectivity index is 3.22. The van der Waals surface area contributed by atoms with E-state index < -0.39 is 5.56 Å². The van der Waals surface area contributed by atoms with Crippen molar-refractivity contribution in [3.05, 3.63) is 33.1 Å². The maximum atomic E-state index is 11.8. The minimum atomic E-state index is -0.605. The highest BCUT2D eigenvalue weighted by Crippen LogP contribution is 2.05. The second-order valence-corrected chi connectivity index (χ2v) is 5.21. The molecule has 0 aliphatic rings. The Hall–Kier alpha value is -1.52. The Morgan fingerprint density at radius 1 is 1.29 bits per heavy atom. The molecule has 0 aliphatic heterocycles. The zero-order valence-electron chi connectivity index (χ0n) is 10.8. The van der Waals surface area contributed by atoms with Gasteiger partial charge in [0, 0.05) is 6.42 Å². The van der Waals surface area contributed by atoms with E-state index in [1.165, 1.54) is 6.20 Å². The van der Waals surface area contributed by atoms with Crippen molar-refractivity contribution in [1.82, 2.24) is 4.73 Å². The first-order valence-electron chi connectivity index (χ1n) is 5.89. The van der Waals surface area contributed by atoms with Crippen LogP contribution in [0.5, 0.6) is 0 Å². The largest absolute Gasteiger partial charge is 0.618 e. The van der Waals surface area contributed by atoms with Gasteiger partial charge < -0.3 is 10.4 Å². The highest BCUT2D eigenvalue weighted by molar-refractivity contribution is 5.00. The second kappa shape index (κ2) is 5.21. The molecule has 1 aromatic rings. The van der Waals surface area contributed by atoms with Gasteiger partial charge in [0.2, 0.25) is 6.20 Å². The van der Waals surface area contributed by atoms with E-state index in [0.717, 1.165) is 0 Å². The first-order chi connectivity index (χ1) is 7.82. The molecule has 0 amide bonds. The Kier molecular flexibility index (Phi) is 4.15. The summed E-state index contributed by atoms with van der Waals surface area (Å²) in [6.45, 7) is 7.76. The Morgan fingerprint density at radius 2 is 1.82 bits per heavy atom. The predicted octanol–water partition coefficient (Wildman–Crippen LogP) is 1.12. The van der Waals surface area contributed by atoms with Gasteiger partial charge in [-0.3, -0.25) is 4.79 Å². The van der Waals surface area contributed by atoms with E-state index in [4.69, 9.17) is 0 Å². The lowest BCUT2D eigenvalue weighted by Gasteiger charge is -2.11. The minimum Gasteiger partial charge on any atom is -0.618 e. The summed E-state index contributed by atoms with van der Waals surface area (Å²) < 4.78 is 1.19. The molecule has 5 nitrogen and oxygen atoms in total. The minimum absolute atomic E-state index is 0.0926. The smallest absolute Gasteiger partial charge is 0.351 e. The summed E-state index contributed by atoms with van der Waals surface area (Å²) in [6.07, 6.45) is 2.15. The van der Waals surface area contributed by atoms with Crippen LogP contribution in [-0.4, -0.2) is 9.94 Å². The van der Waals surface area contributed by atoms with Crippen LogP contribution in [-0.2, 0) is 12.8 Å². The van der Waals surface area contributed by atoms with E-state index in [-0.39, 0.29) is 17.5 Å². The van der Waals surface area contributed by atoms with Gasteiger partial charge in [-0.1, -0.05) is 27.7 Å². The van der Waals surface area contributed by atoms with E-state index in [1.807, 2.05) is 27.7 Å². The molecule has 0 fully saturated rings. The van der Waals surface area contributed by atoms with Gasteiger partial charge >= 0.3 is 5.56 Å². The van der Waals surface area contributed by atoms with Crippen molar-refractivity contribution in [3.63, 3.8) is 0 Å². The van der Waals surface area contributed by atoms with Crippen molar-refractivity contribution in [2.45, 2.75) is 40.5 Å². The van der Waals surface area contributed by atoms with Crippen LogP contribution in [0.1, 0.15) is 39.1 Å². The highest BCUT2D eigenvalue weighted by Gasteiger charge is 2.19. The van der Waals surface area contributed by atoms with Crippen LogP contribution in [0.15, 0.2) is 11.0 Å². The predicted molar refractivity (Wildman–Crippen MR) is 63.9 cm³/mol. The van der Waals surface area contributed by atoms with Gasteiger partial charge in [0.25, 0.3) is 5.69 Å². The third-order valence-corrected chi connectivity index (χ3v) is 2.46. The fourth-order valence-electron chi connectivity index (χ4n) is 1.74. The average molecular weight is 240 g/mol. The Labute approximate surface area is 101 Å². The number of aromatic nitrogens is 2. The van der Waals surface area contributed by atoms with Crippen LogP contribution >= 0.6 is 0 Å². The van der Waals surface area contributed by atoms with Crippen molar-refractivity contribution >= 4 is 0 Å². The Morgan fingerprint density at radius 3 is 2.29 bits per heavy atom. The molecular weight excluding hydrogens is 220 g/mol. The van der Waals surface area contributed by atoms with Crippen molar-refractivity contribution in [1.29, 1.82) is 0 Å². The lowest BCUT2D eigenvalue weighted by atomic mass is 10.1. The molecule has 96 valence electrons. The van der Waals surface area contributed by atoms with E-state index in [0.29, 0.717) is 28.0 Å². The molecule has 0 aliphatic carbocycles. The lowest BCUT2D eigenvalue weighted by Crippen LogP contribution is -2.44. The first-order valence-corrected chi connectivity index (χ1v) is 5.89. The highest BCUT2D eigenvalue weighted by atomic mass is 16.5. The molecule has 0 unspecified atom stereocenters. The van der Waals surface area contributed by atoms with Crippen LogP contribution < -0.4 is 10.3 Å². The van der Waals surface area contributed by atoms with Gasteiger partial charge in [0.15, 0.2) is 0 Å². The van der Waals surface area contributed by atoms with Gasteiger partial charge in [-0.2, -0.15) is 4.73 Å². The molecule has 0 radical (unpaired) electrons. The van der Waals surface area contributed by atoms with Crippen LogP contribution in [0.4, 0.5) is 0 Å². The summed E-state index contributed by atoms with van der Waals surface area (Å²) in [7, 11) is 0. The molecule has 1 aromatic heterocycles. The topological polar surface area (TPSA) is 69.2 Å². The molecule has 0 spiro atoms. The number of rotatable bonds is 4. The average Bonchev–Trinajstić information content (AvgIpc) is 2.20. The molecule has 0 saturated heterocycles. The van der Waals surface area contributed by atoms with E-state index in [1.54, 1.807) is 0 Å². The van der Waals surface area contributed by atoms with Crippen molar-refractivity contribution in [2.75, 3.05) is 0 Å². The maximum absolute atomic E-state index is 11.8. The van der Waals surface area contributed by atoms with Crippen molar-refractivity contribution < 1.29 is 9.94 Å².